The van der Waals surface area contributed by atoms with Crippen LogP contribution in [0.1, 0.15) is 19.5 Å². The molecule has 0 radical (unpaired) electrons. The molecule has 0 aliphatic heterocycles. The number of carboxylic acid groups (broad SMARTS) is 1. The molecule has 0 saturated heterocycles. The molecular weight excluding hydrogens is 430 g/mol. The summed E-state index contributed by atoms with van der Waals surface area (Å²) in [5.41, 5.74) is -2.32. The summed E-state index contributed by atoms with van der Waals surface area (Å²) in [4.78, 5) is 51.3. The van der Waals surface area contributed by atoms with Gasteiger partial charge in [0.15, 0.2) is 5.52 Å². The Kier molecular flexibility index (Phi) is 5.54. The van der Waals surface area contributed by atoms with Gasteiger partial charge in [0.25, 0.3) is 5.56 Å². The molecule has 0 aliphatic rings. The van der Waals surface area contributed by atoms with Crippen molar-refractivity contribution in [1.82, 2.24) is 24.1 Å². The number of carboxylic acids is 1. The van der Waals surface area contributed by atoms with Crippen molar-refractivity contribution in [2.24, 2.45) is 0 Å². The largest absolute Gasteiger partial charge is 0.495 e. The van der Waals surface area contributed by atoms with Gasteiger partial charge in [0.2, 0.25) is 5.89 Å². The van der Waals surface area contributed by atoms with Gasteiger partial charge in [-0.25, -0.2) is 24.1 Å². The van der Waals surface area contributed by atoms with E-state index in [1.165, 1.54) is 38.0 Å². The predicted molar refractivity (Wildman–Crippen MR) is 117 cm³/mol. The highest BCUT2D eigenvalue weighted by atomic mass is 16.5. The Hall–Kier alpha value is -4.28. The van der Waals surface area contributed by atoms with Gasteiger partial charge in [0.1, 0.15) is 23.2 Å². The first kappa shape index (κ1) is 21.9. The minimum absolute atomic E-state index is 0.0763. The van der Waals surface area contributed by atoms with Crippen LogP contribution < -0.4 is 16.0 Å². The monoisotopic (exact) mass is 451 g/mol. The molecule has 33 heavy (non-hydrogen) atoms. The number of oxazole rings is 1. The molecule has 0 bridgehead atoms. The number of pyridine rings is 2. The third kappa shape index (κ3) is 3.77. The van der Waals surface area contributed by atoms with Crippen LogP contribution in [0, 0.1) is 0 Å². The molecule has 0 saturated carbocycles. The second-order valence-electron chi connectivity index (χ2n) is 7.74. The van der Waals surface area contributed by atoms with Crippen molar-refractivity contribution in [1.29, 1.82) is 0 Å². The van der Waals surface area contributed by atoms with Gasteiger partial charge in [0.05, 0.1) is 24.5 Å². The van der Waals surface area contributed by atoms with Crippen molar-refractivity contribution in [3.05, 3.63) is 69.5 Å². The van der Waals surface area contributed by atoms with Crippen LogP contribution >= 0.6 is 0 Å². The summed E-state index contributed by atoms with van der Waals surface area (Å²) in [6, 6.07) is 6.63. The van der Waals surface area contributed by atoms with E-state index < -0.39 is 22.8 Å². The third-order valence-corrected chi connectivity index (χ3v) is 5.37. The summed E-state index contributed by atoms with van der Waals surface area (Å²) in [6.07, 6.45) is 4.71. The number of fused-ring (bicyclic) bond motifs is 1. The number of carbonyl (C=O) groups is 1. The van der Waals surface area contributed by atoms with Crippen molar-refractivity contribution in [3.63, 3.8) is 0 Å². The normalized spacial score (nSPS) is 11.6. The second kappa shape index (κ2) is 8.34. The van der Waals surface area contributed by atoms with Gasteiger partial charge in [-0.15, -0.1) is 0 Å². The van der Waals surface area contributed by atoms with E-state index in [-0.39, 0.29) is 29.2 Å². The molecule has 4 rings (SSSR count). The number of hydrogen-bond donors (Lipinski definition) is 1. The molecule has 4 aromatic rings. The number of aryl methyl sites for hydroxylation is 2. The maximum Gasteiger partial charge on any atom is 0.332 e. The smallest absolute Gasteiger partial charge is 0.332 e. The second-order valence-corrected chi connectivity index (χ2v) is 7.74. The highest BCUT2D eigenvalue weighted by Gasteiger charge is 2.34. The van der Waals surface area contributed by atoms with E-state index in [4.69, 9.17) is 9.15 Å². The number of methoxy groups -OCH3 is 1. The van der Waals surface area contributed by atoms with Gasteiger partial charge in [-0.3, -0.25) is 14.3 Å². The number of ether oxygens (including phenoxy) is 1. The van der Waals surface area contributed by atoms with E-state index in [0.29, 0.717) is 22.4 Å². The van der Waals surface area contributed by atoms with Gasteiger partial charge in [-0.05, 0) is 38.1 Å². The van der Waals surface area contributed by atoms with E-state index in [0.717, 1.165) is 0 Å². The van der Waals surface area contributed by atoms with Crippen LogP contribution in [0.15, 0.2) is 56.9 Å². The van der Waals surface area contributed by atoms with Crippen LogP contribution in [-0.2, 0) is 23.3 Å². The SMILES string of the molecule is COc1cccnc1CCn1c(=O)n(C(C)(C)C(=O)O)c(=O)c2nc(-c3ncco3)ccc21. The fourth-order valence-corrected chi connectivity index (χ4v) is 3.53. The summed E-state index contributed by atoms with van der Waals surface area (Å²) < 4.78 is 12.6. The molecule has 170 valence electrons. The average Bonchev–Trinajstić information content (AvgIpc) is 3.34. The van der Waals surface area contributed by atoms with Crippen molar-refractivity contribution in [3.8, 4) is 17.3 Å². The Balaban J connectivity index is 1.95. The quantitative estimate of drug-likeness (QED) is 0.444. The summed E-state index contributed by atoms with van der Waals surface area (Å²) in [7, 11) is 1.52. The lowest BCUT2D eigenvalue weighted by atomic mass is 10.1. The van der Waals surface area contributed by atoms with Crippen LogP contribution in [0.5, 0.6) is 5.75 Å². The third-order valence-electron chi connectivity index (χ3n) is 5.37. The van der Waals surface area contributed by atoms with E-state index in [2.05, 4.69) is 15.0 Å². The number of aromatic nitrogens is 5. The molecule has 0 aliphatic carbocycles. The highest BCUT2D eigenvalue weighted by Crippen LogP contribution is 2.20. The van der Waals surface area contributed by atoms with Crippen LogP contribution in [0.3, 0.4) is 0 Å². The molecule has 0 fully saturated rings. The number of hydrogen-bond acceptors (Lipinski definition) is 8. The maximum absolute atomic E-state index is 13.4. The van der Waals surface area contributed by atoms with Crippen LogP contribution in [-0.4, -0.2) is 42.3 Å². The molecule has 11 heteroatoms. The van der Waals surface area contributed by atoms with Gasteiger partial charge < -0.3 is 14.3 Å². The molecule has 4 aromatic heterocycles. The van der Waals surface area contributed by atoms with E-state index in [1.807, 2.05) is 0 Å². The fourth-order valence-electron chi connectivity index (χ4n) is 3.53. The van der Waals surface area contributed by atoms with Crippen LogP contribution in [0.2, 0.25) is 0 Å². The van der Waals surface area contributed by atoms with Crippen molar-refractivity contribution >= 4 is 17.0 Å². The number of nitrogens with zero attached hydrogens (tertiary/aromatic N) is 5. The van der Waals surface area contributed by atoms with Crippen molar-refractivity contribution < 1.29 is 19.1 Å². The molecule has 1 N–H and O–H groups in total. The lowest BCUT2D eigenvalue weighted by molar-refractivity contribution is -0.146. The van der Waals surface area contributed by atoms with Crippen LogP contribution in [0.4, 0.5) is 0 Å². The lowest BCUT2D eigenvalue weighted by Gasteiger charge is -2.23. The summed E-state index contributed by atoms with van der Waals surface area (Å²) in [5.74, 6) is -0.586. The van der Waals surface area contributed by atoms with Crippen molar-refractivity contribution in [2.75, 3.05) is 7.11 Å². The molecule has 11 nitrogen and oxygen atoms in total. The first-order valence-corrected chi connectivity index (χ1v) is 10.0. The van der Waals surface area contributed by atoms with Gasteiger partial charge in [0, 0.05) is 19.2 Å². The van der Waals surface area contributed by atoms with Gasteiger partial charge >= 0.3 is 11.7 Å². The fraction of sp³-hybridized carbons (Fsp3) is 0.273. The number of aliphatic carboxylic acids is 1. The molecular formula is C22H21N5O6. The Labute approximate surface area is 186 Å². The minimum atomic E-state index is -1.81. The van der Waals surface area contributed by atoms with Crippen molar-refractivity contribution in [2.45, 2.75) is 32.4 Å². The summed E-state index contributed by atoms with van der Waals surface area (Å²) in [6.45, 7) is 2.68. The molecule has 0 spiro atoms. The zero-order valence-corrected chi connectivity index (χ0v) is 18.2. The van der Waals surface area contributed by atoms with Gasteiger partial charge in [-0.2, -0.15) is 0 Å². The summed E-state index contributed by atoms with van der Waals surface area (Å²) >= 11 is 0. The predicted octanol–water partition coefficient (Wildman–Crippen LogP) is 1.68. The molecule has 0 amide bonds. The van der Waals surface area contributed by atoms with E-state index in [9.17, 15) is 19.5 Å². The highest BCUT2D eigenvalue weighted by molar-refractivity contribution is 5.79. The molecule has 0 aromatic carbocycles. The average molecular weight is 451 g/mol. The molecule has 4 heterocycles. The van der Waals surface area contributed by atoms with E-state index >= 15 is 0 Å². The standard InChI is InChI=1S/C22H21N5O6/c1-22(2,20(29)30)27-19(28)17-15(7-6-14(25-17)18-24-10-12-33-18)26(21(27)31)11-8-13-16(32-3)5-4-9-23-13/h4-7,9-10,12H,8,11H2,1-3H3,(H,29,30). The van der Waals surface area contributed by atoms with Crippen LogP contribution in [0.25, 0.3) is 22.6 Å². The van der Waals surface area contributed by atoms with Gasteiger partial charge in [-0.1, -0.05) is 0 Å². The number of rotatable bonds is 7. The maximum atomic E-state index is 13.4. The Morgan fingerprint density at radius 2 is 1.97 bits per heavy atom. The molecule has 0 atom stereocenters. The van der Waals surface area contributed by atoms with E-state index in [1.54, 1.807) is 30.5 Å². The Bertz CT molecular complexity index is 1450. The Morgan fingerprint density at radius 1 is 1.18 bits per heavy atom. The Morgan fingerprint density at radius 3 is 2.64 bits per heavy atom. The first-order chi connectivity index (χ1) is 15.8. The zero-order chi connectivity index (χ0) is 23.8. The minimum Gasteiger partial charge on any atom is -0.495 e. The molecule has 0 unspecified atom stereocenters. The summed E-state index contributed by atoms with van der Waals surface area (Å²) in [5, 5.41) is 9.71. The zero-order valence-electron chi connectivity index (χ0n) is 18.2. The lowest BCUT2D eigenvalue weighted by Crippen LogP contribution is -2.52. The topological polar surface area (TPSA) is 142 Å². The first-order valence-electron chi connectivity index (χ1n) is 10.0.